The van der Waals surface area contributed by atoms with Gasteiger partial charge < -0.3 is 69.4 Å². The molecule has 6 atom stereocenters. The molecule has 410 valence electrons. The van der Waals surface area contributed by atoms with Crippen molar-refractivity contribution >= 4 is 79.1 Å². The number of hydrogen-bond donors (Lipinski definition) is 6. The Balaban J connectivity index is 0.718. The van der Waals surface area contributed by atoms with Gasteiger partial charge in [-0.2, -0.15) is 0 Å². The van der Waals surface area contributed by atoms with Crippen molar-refractivity contribution in [3.63, 3.8) is 0 Å². The predicted octanol–water partition coefficient (Wildman–Crippen LogP) is 5.81. The Kier molecular flexibility index (Phi) is 16.1. The van der Waals surface area contributed by atoms with Gasteiger partial charge in [0, 0.05) is 92.1 Å². The molecule has 2 amide bonds. The number of aromatic nitrogens is 3. The van der Waals surface area contributed by atoms with Crippen LogP contribution in [-0.4, -0.2) is 155 Å². The summed E-state index contributed by atoms with van der Waals surface area (Å²) in [5.41, 5.74) is 5.65. The summed E-state index contributed by atoms with van der Waals surface area (Å²) in [5, 5.41) is 40.7. The fourth-order valence-corrected chi connectivity index (χ4v) is 12.4. The number of nitrogens with one attached hydrogen (secondary N) is 2. The van der Waals surface area contributed by atoms with Gasteiger partial charge in [-0.15, -0.1) is 0 Å². The van der Waals surface area contributed by atoms with Gasteiger partial charge in [-0.05, 0) is 49.1 Å². The number of Topliss-reactive ketones (excluding diaryl/α,β-unsaturated/α-hetero) is 1. The third kappa shape index (κ3) is 10.6. The van der Waals surface area contributed by atoms with Crippen molar-refractivity contribution in [3.8, 4) is 34.4 Å². The van der Waals surface area contributed by atoms with E-state index in [0.717, 1.165) is 5.39 Å². The van der Waals surface area contributed by atoms with Gasteiger partial charge in [0.25, 0.3) is 0 Å². The van der Waals surface area contributed by atoms with Gasteiger partial charge in [0.15, 0.2) is 29.6 Å². The number of carbonyl (C=O) groups excluding carboxylic acids is 5. The molecule has 3 aliphatic carbocycles. The first-order valence-corrected chi connectivity index (χ1v) is 27.8. The lowest BCUT2D eigenvalue weighted by Gasteiger charge is -2.43. The van der Waals surface area contributed by atoms with Crippen molar-refractivity contribution in [2.75, 3.05) is 76.6 Å². The lowest BCUT2D eigenvalue weighted by atomic mass is 9.71. The lowest BCUT2D eigenvalue weighted by molar-refractivity contribution is -0.156. The number of amides is 2. The van der Waals surface area contributed by atoms with Crippen LogP contribution in [0.15, 0.2) is 65.2 Å². The predicted molar refractivity (Wildman–Crippen MR) is 287 cm³/mol. The topological polar surface area (TPSA) is 307 Å². The minimum Gasteiger partial charge on any atom is -0.507 e. The summed E-state index contributed by atoms with van der Waals surface area (Å²) in [6.45, 7) is 3.86. The number of nitrogens with zero attached hydrogens (tertiary/aromatic N) is 4. The monoisotopic (exact) mass is 1110 g/mol. The number of benzene rings is 3. The molecule has 1 saturated heterocycles. The molecule has 22 nitrogen and oxygen atoms in total. The quantitative estimate of drug-likeness (QED) is 0.0356. The van der Waals surface area contributed by atoms with Crippen molar-refractivity contribution in [1.29, 1.82) is 0 Å². The highest BCUT2D eigenvalue weighted by atomic mass is 33.1. The zero-order valence-electron chi connectivity index (χ0n) is 42.8. The van der Waals surface area contributed by atoms with Crippen molar-refractivity contribution in [3.05, 3.63) is 94.2 Å². The van der Waals surface area contributed by atoms with Crippen LogP contribution in [0.25, 0.3) is 33.6 Å². The van der Waals surface area contributed by atoms with E-state index in [2.05, 4.69) is 20.5 Å². The molecule has 0 spiro atoms. The number of methoxy groups -OCH3 is 2. The Hall–Kier alpha value is -7.06. The number of rotatable bonds is 17. The number of nitrogens with two attached hydrogens (primary N) is 1. The second-order valence-corrected chi connectivity index (χ2v) is 22.0. The zero-order valence-corrected chi connectivity index (χ0v) is 44.4. The summed E-state index contributed by atoms with van der Waals surface area (Å²) in [4.78, 5) is 84.4. The molecule has 1 saturated carbocycles. The molecule has 4 heterocycles. The first-order valence-electron chi connectivity index (χ1n) is 25.3. The number of aliphatic hydroxyl groups is 1. The fourth-order valence-electron chi connectivity index (χ4n) is 10.6. The van der Waals surface area contributed by atoms with E-state index in [1.807, 2.05) is 25.1 Å². The Labute approximate surface area is 454 Å². The number of ether oxygens (including phenoxy) is 6. The molecular weight excluding hydrogens is 1050 g/mol. The Morgan fingerprint density at radius 1 is 0.910 bits per heavy atom. The Bertz CT molecular complexity index is 3310. The average Bonchev–Trinajstić information content (AvgIpc) is 3.97. The third-order valence-electron chi connectivity index (χ3n) is 14.5. The molecule has 1 aliphatic heterocycles. The van der Waals surface area contributed by atoms with E-state index in [0.29, 0.717) is 84.0 Å². The van der Waals surface area contributed by atoms with Crippen LogP contribution in [0.3, 0.4) is 0 Å². The number of pyridine rings is 1. The largest absolute Gasteiger partial charge is 0.507 e. The molecule has 6 aromatic rings. The minimum atomic E-state index is -1.81. The third-order valence-corrected chi connectivity index (χ3v) is 16.9. The lowest BCUT2D eigenvalue weighted by Crippen LogP contribution is -2.51. The molecular formula is C54H57N7O15S2. The maximum absolute atomic E-state index is 14.2. The number of furan rings is 1. The van der Waals surface area contributed by atoms with E-state index in [1.54, 1.807) is 24.4 Å². The van der Waals surface area contributed by atoms with Crippen molar-refractivity contribution in [2.24, 2.45) is 11.7 Å². The molecule has 0 radical (unpaired) electrons. The van der Waals surface area contributed by atoms with E-state index in [9.17, 15) is 39.3 Å². The number of phenolic OH excluding ortho intramolecular Hbond substituents is 2. The molecule has 2 fully saturated rings. The standard InChI is InChI=1S/C54H57N7O15S2/c1-27-21-30(23-34(55)43(27)63)74-36-25-54(71-3,24-33-39(36)47(67)41-40(45(33)65)44(64)31-9-5-11-35(70-2)38(31)46(41)66)37(62)26-73-52(68)57-13-19-77-78-20-14-58-53(69)75-29-8-4-7-28(22-29)49-59-42-32-10-6-12-56-51(32)76-48(42)50(60-49)61-15-17-72-18-16-61/h4-12,22,27,30,34,36,43,63,65,67H,13-21,23-26,55H2,1-3H3,(H,57,68)(H,58,69). The van der Waals surface area contributed by atoms with Crippen molar-refractivity contribution in [2.45, 2.75) is 62.6 Å². The van der Waals surface area contributed by atoms with Crippen LogP contribution < -0.4 is 30.7 Å². The molecule has 10 rings (SSSR count). The smallest absolute Gasteiger partial charge is 0.412 e. The molecule has 3 aromatic carbocycles. The molecule has 0 bridgehead atoms. The number of hydrogen-bond acceptors (Lipinski definition) is 22. The van der Waals surface area contributed by atoms with Crippen molar-refractivity contribution < 1.29 is 72.1 Å². The maximum atomic E-state index is 14.2. The number of aliphatic hydroxyl groups excluding tert-OH is 1. The van der Waals surface area contributed by atoms with Crippen LogP contribution in [0.2, 0.25) is 0 Å². The fraction of sp³-hybridized carbons (Fsp3) is 0.407. The van der Waals surface area contributed by atoms with E-state index < -0.39 is 88.7 Å². The number of carbonyl (C=O) groups is 5. The van der Waals surface area contributed by atoms with Gasteiger partial charge in [-0.25, -0.2) is 24.5 Å². The van der Waals surface area contributed by atoms with E-state index in [-0.39, 0.29) is 66.3 Å². The van der Waals surface area contributed by atoms with Gasteiger partial charge in [0.05, 0.1) is 60.7 Å². The second kappa shape index (κ2) is 23.1. The van der Waals surface area contributed by atoms with Crippen LogP contribution in [0, 0.1) is 5.92 Å². The number of phenols is 2. The van der Waals surface area contributed by atoms with Crippen LogP contribution >= 0.6 is 21.6 Å². The average molecular weight is 1110 g/mol. The van der Waals surface area contributed by atoms with Gasteiger partial charge in [-0.1, -0.05) is 52.8 Å². The van der Waals surface area contributed by atoms with E-state index >= 15 is 0 Å². The van der Waals surface area contributed by atoms with Crippen molar-refractivity contribution in [1.82, 2.24) is 25.6 Å². The summed E-state index contributed by atoms with van der Waals surface area (Å²) in [6.07, 6.45) is -2.56. The van der Waals surface area contributed by atoms with Gasteiger partial charge >= 0.3 is 12.2 Å². The Morgan fingerprint density at radius 3 is 2.40 bits per heavy atom. The molecule has 6 unspecified atom stereocenters. The highest BCUT2D eigenvalue weighted by Crippen LogP contribution is 2.53. The van der Waals surface area contributed by atoms with Gasteiger partial charge in [0.2, 0.25) is 17.3 Å². The number of ketones is 3. The minimum absolute atomic E-state index is 0.00703. The summed E-state index contributed by atoms with van der Waals surface area (Å²) >= 11 is 0. The molecule has 24 heteroatoms. The highest BCUT2D eigenvalue weighted by Gasteiger charge is 2.51. The number of aromatic hydroxyl groups is 2. The second-order valence-electron chi connectivity index (χ2n) is 19.3. The van der Waals surface area contributed by atoms with E-state index in [4.69, 9.17) is 48.5 Å². The molecule has 78 heavy (non-hydrogen) atoms. The Morgan fingerprint density at radius 2 is 1.65 bits per heavy atom. The number of morpholine rings is 1. The first-order chi connectivity index (χ1) is 37.7. The molecule has 7 N–H and O–H groups in total. The number of anilines is 1. The number of fused-ring (bicyclic) bond motifs is 6. The van der Waals surface area contributed by atoms with Gasteiger partial charge in [-0.3, -0.25) is 14.4 Å². The summed E-state index contributed by atoms with van der Waals surface area (Å²) in [5.74, 6) is -1.31. The highest BCUT2D eigenvalue weighted by molar-refractivity contribution is 8.76. The van der Waals surface area contributed by atoms with Crippen LogP contribution in [0.5, 0.6) is 23.0 Å². The number of alkyl carbamates (subject to hydrolysis) is 1. The van der Waals surface area contributed by atoms with Crippen LogP contribution in [0.1, 0.15) is 75.3 Å². The first kappa shape index (κ1) is 54.3. The maximum Gasteiger partial charge on any atom is 0.412 e. The van der Waals surface area contributed by atoms with Crippen LogP contribution in [0.4, 0.5) is 15.4 Å². The van der Waals surface area contributed by atoms with Crippen LogP contribution in [-0.2, 0) is 30.2 Å². The normalized spacial score (nSPS) is 21.9. The molecule has 4 aliphatic rings. The van der Waals surface area contributed by atoms with Gasteiger partial charge in [0.1, 0.15) is 34.1 Å². The summed E-state index contributed by atoms with van der Waals surface area (Å²) in [7, 11) is 5.50. The SMILES string of the molecule is COc1cccc2c1C(=O)c1c(O)c3c(c(O)c1C2=O)CC(OC)(C(=O)COC(=O)NCCSSCCNC(=O)Oc1cccc(-c2nc(N4CCOCC4)c4oc5ncccc5c4n2)c1)CC3OC1CC(C)C(O)C(N)C1. The zero-order chi connectivity index (χ0) is 54.8. The summed E-state index contributed by atoms with van der Waals surface area (Å²) in [6, 6.07) is 14.4. The molecule has 3 aromatic heterocycles. The van der Waals surface area contributed by atoms with E-state index in [1.165, 1.54) is 54.0 Å². The summed E-state index contributed by atoms with van der Waals surface area (Å²) < 4.78 is 40.6.